The number of carbonyl (C=O) groups is 2. The van der Waals surface area contributed by atoms with E-state index in [1.54, 1.807) is 18.2 Å². The van der Waals surface area contributed by atoms with Crippen LogP contribution in [0.1, 0.15) is 24.0 Å². The molecule has 1 saturated carbocycles. The molecule has 0 aliphatic heterocycles. The van der Waals surface area contributed by atoms with Crippen LogP contribution in [0, 0.1) is 23.2 Å². The molecule has 0 amide bonds. The highest BCUT2D eigenvalue weighted by Gasteiger charge is 2.59. The maximum Gasteiger partial charge on any atom is 0.339 e. The lowest BCUT2D eigenvalue weighted by Crippen LogP contribution is -2.57. The van der Waals surface area contributed by atoms with Crippen molar-refractivity contribution in [2.45, 2.75) is 29.8 Å². The number of allylic oxidation sites excluding steroid dienone is 1. The molecule has 3 N–H and O–H groups in total. The van der Waals surface area contributed by atoms with Gasteiger partial charge >= 0.3 is 10.1 Å². The Morgan fingerprint density at radius 2 is 1.74 bits per heavy atom. The number of fused-ring (bicyclic) bond motifs is 3. The minimum atomic E-state index is -4.26. The summed E-state index contributed by atoms with van der Waals surface area (Å²) >= 11 is 0. The van der Waals surface area contributed by atoms with E-state index in [0.29, 0.717) is 5.56 Å². The Hall–Kier alpha value is -3.94. The van der Waals surface area contributed by atoms with Gasteiger partial charge in [-0.2, -0.15) is 13.7 Å². The lowest BCUT2D eigenvalue weighted by atomic mass is 9.59. The van der Waals surface area contributed by atoms with E-state index in [4.69, 9.17) is 4.18 Å². The van der Waals surface area contributed by atoms with Gasteiger partial charge in [-0.15, -0.1) is 0 Å². The Labute approximate surface area is 200 Å². The minimum Gasteiger partial charge on any atom is -0.507 e. The average molecular weight is 493 g/mol. The molecule has 0 spiro atoms. The predicted molar refractivity (Wildman–Crippen MR) is 120 cm³/mol. The third-order valence-electron chi connectivity index (χ3n) is 6.88. The lowest BCUT2D eigenvalue weighted by Gasteiger charge is -2.45. The molecule has 178 valence electrons. The number of rotatable bonds is 3. The zero-order valence-electron chi connectivity index (χ0n) is 18.1. The molecule has 2 aromatic carbocycles. The molecule has 0 saturated heterocycles. The fourth-order valence-corrected chi connectivity index (χ4v) is 6.19. The van der Waals surface area contributed by atoms with Crippen LogP contribution in [-0.2, 0) is 26.1 Å². The molecule has 0 unspecified atom stereocenters. The number of Topliss-reactive ketones (excluding diaryl/α,β-unsaturated/α-hetero) is 2. The van der Waals surface area contributed by atoms with E-state index < -0.39 is 56.2 Å². The van der Waals surface area contributed by atoms with Gasteiger partial charge in [0.1, 0.15) is 22.3 Å². The zero-order chi connectivity index (χ0) is 25.1. The first-order chi connectivity index (χ1) is 16.6. The van der Waals surface area contributed by atoms with Crippen molar-refractivity contribution in [3.05, 3.63) is 76.6 Å². The molecular formula is C25H19NO8S. The third kappa shape index (κ3) is 3.27. The zero-order valence-corrected chi connectivity index (χ0v) is 18.9. The second-order valence-corrected chi connectivity index (χ2v) is 10.3. The summed E-state index contributed by atoms with van der Waals surface area (Å²) in [6.07, 6.45) is -0.00650. The monoisotopic (exact) mass is 493 g/mol. The number of aliphatic hydroxyl groups is 3. The van der Waals surface area contributed by atoms with Crippen LogP contribution in [0.4, 0.5) is 0 Å². The molecule has 3 aliphatic carbocycles. The van der Waals surface area contributed by atoms with E-state index >= 15 is 0 Å². The van der Waals surface area contributed by atoms with E-state index in [9.17, 15) is 38.6 Å². The molecule has 5 rings (SSSR count). The number of aliphatic hydroxyl groups excluding tert-OH is 2. The Bertz CT molecular complexity index is 1500. The van der Waals surface area contributed by atoms with Gasteiger partial charge in [0.2, 0.25) is 5.78 Å². The van der Waals surface area contributed by atoms with Crippen LogP contribution >= 0.6 is 0 Å². The highest BCUT2D eigenvalue weighted by atomic mass is 32.2. The number of ketones is 2. The van der Waals surface area contributed by atoms with Crippen LogP contribution in [0.15, 0.2) is 70.3 Å². The number of hydrogen-bond acceptors (Lipinski definition) is 9. The first-order valence-corrected chi connectivity index (χ1v) is 12.2. The van der Waals surface area contributed by atoms with Gasteiger partial charge in [-0.3, -0.25) is 9.59 Å². The van der Waals surface area contributed by atoms with Gasteiger partial charge in [0.15, 0.2) is 22.9 Å². The molecule has 2 aromatic rings. The topological polar surface area (TPSA) is 162 Å². The smallest absolute Gasteiger partial charge is 0.339 e. The van der Waals surface area contributed by atoms with Gasteiger partial charge in [-0.05, 0) is 42.5 Å². The molecule has 9 nitrogen and oxygen atoms in total. The van der Waals surface area contributed by atoms with Crippen LogP contribution in [0.2, 0.25) is 0 Å². The van der Waals surface area contributed by atoms with Crippen molar-refractivity contribution < 1.29 is 37.5 Å². The molecule has 1 fully saturated rings. The highest BCUT2D eigenvalue weighted by molar-refractivity contribution is 7.87. The van der Waals surface area contributed by atoms with Crippen LogP contribution in [0.25, 0.3) is 5.76 Å². The van der Waals surface area contributed by atoms with Gasteiger partial charge in [0.05, 0.1) is 5.56 Å². The second-order valence-electron chi connectivity index (χ2n) is 8.79. The van der Waals surface area contributed by atoms with Crippen molar-refractivity contribution in [2.24, 2.45) is 11.8 Å². The molecule has 35 heavy (non-hydrogen) atoms. The molecule has 0 aromatic heterocycles. The van der Waals surface area contributed by atoms with Crippen molar-refractivity contribution in [1.82, 2.24) is 0 Å². The second kappa shape index (κ2) is 7.80. The van der Waals surface area contributed by atoms with Gasteiger partial charge in [-0.1, -0.05) is 30.3 Å². The van der Waals surface area contributed by atoms with Crippen LogP contribution in [0.5, 0.6) is 5.75 Å². The average Bonchev–Trinajstić information content (AvgIpc) is 2.82. The summed E-state index contributed by atoms with van der Waals surface area (Å²) in [5.74, 6) is -5.05. The summed E-state index contributed by atoms with van der Waals surface area (Å²) in [5, 5.41) is 42.2. The van der Waals surface area contributed by atoms with Crippen LogP contribution in [-0.4, -0.2) is 40.9 Å². The summed E-state index contributed by atoms with van der Waals surface area (Å²) in [6, 6.07) is 13.5. The molecule has 10 heteroatoms. The SMILES string of the molecule is N#CC1=C(O)[C@@]2(O)C(=O)C3=C(O)c4c(cccc4OS(=O)(=O)c4ccccc4)C[C@H]3C[C@H]2CC1=O. The maximum atomic E-state index is 13.5. The largest absolute Gasteiger partial charge is 0.507 e. The molecule has 0 radical (unpaired) electrons. The quantitative estimate of drug-likeness (QED) is 0.545. The standard InChI is InChI=1S/C25H19NO8S/c26-12-17-18(27)11-15-10-14-9-13-5-4-8-19(34-35(32,33)16-6-2-1-3-7-16)20(13)22(28)21(14)24(30)25(15,31)23(17)29/h1-8,14-15,28-29,31H,9-11H2/t14-,15-,25+/m0/s1. The lowest BCUT2D eigenvalue weighted by molar-refractivity contribution is -0.147. The predicted octanol–water partition coefficient (Wildman–Crippen LogP) is 2.52. The van der Waals surface area contributed by atoms with E-state index in [1.165, 1.54) is 36.4 Å². The first-order valence-electron chi connectivity index (χ1n) is 10.8. The normalized spacial score (nSPS) is 25.9. The summed E-state index contributed by atoms with van der Waals surface area (Å²) in [7, 11) is -4.26. The molecule has 3 atom stereocenters. The van der Waals surface area contributed by atoms with Gasteiger partial charge in [0, 0.05) is 17.9 Å². The number of nitriles is 1. The summed E-state index contributed by atoms with van der Waals surface area (Å²) in [6.45, 7) is 0. The van der Waals surface area contributed by atoms with Crippen molar-refractivity contribution in [2.75, 3.05) is 0 Å². The number of hydrogen-bond donors (Lipinski definition) is 3. The Morgan fingerprint density at radius 1 is 1.03 bits per heavy atom. The third-order valence-corrected chi connectivity index (χ3v) is 8.13. The number of benzene rings is 2. The minimum absolute atomic E-state index is 0.00971. The van der Waals surface area contributed by atoms with Gasteiger partial charge in [-0.25, -0.2) is 0 Å². The van der Waals surface area contributed by atoms with Crippen molar-refractivity contribution in [1.29, 1.82) is 5.26 Å². The Kier molecular flexibility index (Phi) is 5.09. The van der Waals surface area contributed by atoms with E-state index in [0.717, 1.165) is 0 Å². The van der Waals surface area contributed by atoms with Crippen molar-refractivity contribution >= 4 is 27.4 Å². The maximum absolute atomic E-state index is 13.5. The van der Waals surface area contributed by atoms with Crippen molar-refractivity contribution in [3.63, 3.8) is 0 Å². The summed E-state index contributed by atoms with van der Waals surface area (Å²) in [4.78, 5) is 25.6. The highest BCUT2D eigenvalue weighted by Crippen LogP contribution is 2.52. The molecule has 3 aliphatic rings. The Balaban J connectivity index is 1.63. The number of nitrogens with zero attached hydrogens (tertiary/aromatic N) is 1. The first kappa shape index (κ1) is 22.8. The van der Waals surface area contributed by atoms with Crippen molar-refractivity contribution in [3.8, 4) is 11.8 Å². The number of carbonyl (C=O) groups excluding carboxylic acids is 2. The molecular weight excluding hydrogens is 474 g/mol. The summed E-state index contributed by atoms with van der Waals surface area (Å²) < 4.78 is 30.9. The fourth-order valence-electron chi connectivity index (χ4n) is 5.23. The van der Waals surface area contributed by atoms with Gasteiger partial charge < -0.3 is 19.5 Å². The van der Waals surface area contributed by atoms with E-state index in [2.05, 4.69) is 0 Å². The van der Waals surface area contributed by atoms with Gasteiger partial charge in [0.25, 0.3) is 0 Å². The van der Waals surface area contributed by atoms with Crippen LogP contribution < -0.4 is 4.18 Å². The Morgan fingerprint density at radius 3 is 2.43 bits per heavy atom. The summed E-state index contributed by atoms with van der Waals surface area (Å²) in [5.41, 5.74) is -2.92. The van der Waals surface area contributed by atoms with E-state index in [-0.39, 0.29) is 41.0 Å². The van der Waals surface area contributed by atoms with Crippen LogP contribution in [0.3, 0.4) is 0 Å². The molecule has 0 bridgehead atoms. The fraction of sp³-hybridized carbons (Fsp3) is 0.240. The van der Waals surface area contributed by atoms with E-state index in [1.807, 2.05) is 0 Å². The molecule has 0 heterocycles.